The molecule has 1 N–H and O–H groups in total. The Bertz CT molecular complexity index is 693. The van der Waals surface area contributed by atoms with Crippen LogP contribution in [0.5, 0.6) is 11.5 Å². The molecule has 0 amide bonds. The van der Waals surface area contributed by atoms with Crippen LogP contribution < -0.4 is 9.47 Å². The zero-order valence-electron chi connectivity index (χ0n) is 12.7. The fourth-order valence-corrected chi connectivity index (χ4v) is 2.77. The van der Waals surface area contributed by atoms with E-state index in [1.807, 2.05) is 12.1 Å². The molecule has 3 rings (SSSR count). The number of hydrogen-bond acceptors (Lipinski definition) is 4. The first-order chi connectivity index (χ1) is 10.7. The molecule has 6 heteroatoms. The molecule has 2 aromatic rings. The summed E-state index contributed by atoms with van der Waals surface area (Å²) in [6.45, 7) is 3.15. The van der Waals surface area contributed by atoms with Gasteiger partial charge in [0.2, 0.25) is 6.79 Å². The van der Waals surface area contributed by atoms with Crippen LogP contribution in [0.15, 0.2) is 12.1 Å². The second-order valence-corrected chi connectivity index (χ2v) is 5.47. The van der Waals surface area contributed by atoms with Gasteiger partial charge in [-0.25, -0.2) is 4.98 Å². The molecule has 1 aromatic carbocycles. The molecular formula is C16H20N2O4. The van der Waals surface area contributed by atoms with Crippen molar-refractivity contribution in [2.45, 2.75) is 45.6 Å². The zero-order chi connectivity index (χ0) is 15.5. The molecule has 22 heavy (non-hydrogen) atoms. The molecule has 0 aliphatic carbocycles. The highest BCUT2D eigenvalue weighted by atomic mass is 16.7. The van der Waals surface area contributed by atoms with Crippen LogP contribution in [0.25, 0.3) is 11.0 Å². The summed E-state index contributed by atoms with van der Waals surface area (Å²) in [5.74, 6) is 1.79. The van der Waals surface area contributed by atoms with Crippen LogP contribution in [0, 0.1) is 0 Å². The first-order valence-electron chi connectivity index (χ1n) is 7.69. The number of aliphatic carboxylic acids is 1. The van der Waals surface area contributed by atoms with E-state index in [4.69, 9.17) is 19.6 Å². The number of aryl methyl sites for hydroxylation is 2. The van der Waals surface area contributed by atoms with Gasteiger partial charge in [-0.15, -0.1) is 0 Å². The minimum atomic E-state index is -0.743. The summed E-state index contributed by atoms with van der Waals surface area (Å²) in [7, 11) is 0. The van der Waals surface area contributed by atoms with Gasteiger partial charge in [0, 0.05) is 31.5 Å². The van der Waals surface area contributed by atoms with Gasteiger partial charge < -0.3 is 19.1 Å². The van der Waals surface area contributed by atoms with Crippen molar-refractivity contribution in [1.82, 2.24) is 9.55 Å². The second-order valence-electron chi connectivity index (χ2n) is 5.47. The summed E-state index contributed by atoms with van der Waals surface area (Å²) < 4.78 is 13.0. The predicted octanol–water partition coefficient (Wildman–Crippen LogP) is 2.97. The number of unbranched alkanes of at least 4 members (excludes halogenated alkanes) is 1. The Kier molecular flexibility index (Phi) is 4.18. The van der Waals surface area contributed by atoms with Crippen molar-refractivity contribution in [2.75, 3.05) is 6.79 Å². The van der Waals surface area contributed by atoms with E-state index in [9.17, 15) is 4.79 Å². The SMILES string of the molecule is CCCc1nc2cc3c(cc2n1CCCCC(=O)O)OCO3. The van der Waals surface area contributed by atoms with Crippen LogP contribution in [-0.4, -0.2) is 27.4 Å². The maximum absolute atomic E-state index is 10.6. The highest BCUT2D eigenvalue weighted by molar-refractivity contribution is 5.81. The molecular weight excluding hydrogens is 284 g/mol. The lowest BCUT2D eigenvalue weighted by atomic mass is 10.2. The first kappa shape index (κ1) is 14.7. The minimum Gasteiger partial charge on any atom is -0.481 e. The number of imidazole rings is 1. The number of carboxylic acid groups (broad SMARTS) is 1. The largest absolute Gasteiger partial charge is 0.481 e. The Morgan fingerprint density at radius 1 is 1.32 bits per heavy atom. The number of nitrogens with zero attached hydrogens (tertiary/aromatic N) is 2. The van der Waals surface area contributed by atoms with Gasteiger partial charge in [-0.3, -0.25) is 4.79 Å². The average molecular weight is 304 g/mol. The van der Waals surface area contributed by atoms with Crippen molar-refractivity contribution < 1.29 is 19.4 Å². The lowest BCUT2D eigenvalue weighted by Gasteiger charge is -2.08. The van der Waals surface area contributed by atoms with Crippen LogP contribution in [0.4, 0.5) is 0 Å². The maximum Gasteiger partial charge on any atom is 0.303 e. The van der Waals surface area contributed by atoms with Crippen LogP contribution in [-0.2, 0) is 17.8 Å². The van der Waals surface area contributed by atoms with Gasteiger partial charge in [-0.1, -0.05) is 6.92 Å². The van der Waals surface area contributed by atoms with E-state index in [0.29, 0.717) is 6.42 Å². The van der Waals surface area contributed by atoms with E-state index in [0.717, 1.165) is 54.2 Å². The first-order valence-corrected chi connectivity index (χ1v) is 7.69. The number of hydrogen-bond donors (Lipinski definition) is 1. The Balaban J connectivity index is 1.87. The predicted molar refractivity (Wildman–Crippen MR) is 81.3 cm³/mol. The molecule has 0 atom stereocenters. The number of aromatic nitrogens is 2. The van der Waals surface area contributed by atoms with Gasteiger partial charge in [0.25, 0.3) is 0 Å². The monoisotopic (exact) mass is 304 g/mol. The highest BCUT2D eigenvalue weighted by Crippen LogP contribution is 2.36. The molecule has 0 saturated heterocycles. The molecule has 0 fully saturated rings. The zero-order valence-corrected chi connectivity index (χ0v) is 12.7. The highest BCUT2D eigenvalue weighted by Gasteiger charge is 2.18. The molecule has 6 nitrogen and oxygen atoms in total. The molecule has 0 saturated carbocycles. The van der Waals surface area contributed by atoms with Crippen LogP contribution >= 0.6 is 0 Å². The van der Waals surface area contributed by atoms with Crippen molar-refractivity contribution in [1.29, 1.82) is 0 Å². The maximum atomic E-state index is 10.6. The molecule has 0 radical (unpaired) electrons. The van der Waals surface area contributed by atoms with Crippen molar-refractivity contribution in [2.24, 2.45) is 0 Å². The molecule has 118 valence electrons. The van der Waals surface area contributed by atoms with E-state index in [-0.39, 0.29) is 13.2 Å². The lowest BCUT2D eigenvalue weighted by molar-refractivity contribution is -0.137. The van der Waals surface area contributed by atoms with Crippen LogP contribution in [0.2, 0.25) is 0 Å². The molecule has 0 spiro atoms. The van der Waals surface area contributed by atoms with E-state index in [2.05, 4.69) is 11.5 Å². The third kappa shape index (κ3) is 2.86. The summed E-state index contributed by atoms with van der Waals surface area (Å²) in [5.41, 5.74) is 1.94. The summed E-state index contributed by atoms with van der Waals surface area (Å²) >= 11 is 0. The number of fused-ring (bicyclic) bond motifs is 2. The van der Waals surface area contributed by atoms with E-state index < -0.39 is 5.97 Å². The second kappa shape index (κ2) is 6.25. The Labute approximate surface area is 128 Å². The number of carboxylic acids is 1. The summed E-state index contributed by atoms with van der Waals surface area (Å²) in [6, 6.07) is 3.89. The van der Waals surface area contributed by atoms with Gasteiger partial charge in [0.15, 0.2) is 11.5 Å². The Morgan fingerprint density at radius 2 is 2.09 bits per heavy atom. The lowest BCUT2D eigenvalue weighted by Crippen LogP contribution is -2.05. The van der Waals surface area contributed by atoms with Crippen molar-refractivity contribution in [3.63, 3.8) is 0 Å². The molecule has 1 aliphatic rings. The minimum absolute atomic E-state index is 0.210. The average Bonchev–Trinajstić information content (AvgIpc) is 3.05. The van der Waals surface area contributed by atoms with Crippen molar-refractivity contribution in [3.8, 4) is 11.5 Å². The van der Waals surface area contributed by atoms with E-state index >= 15 is 0 Å². The van der Waals surface area contributed by atoms with E-state index in [1.165, 1.54) is 0 Å². The summed E-state index contributed by atoms with van der Waals surface area (Å²) in [6.07, 6.45) is 3.63. The number of ether oxygens (including phenoxy) is 2. The third-order valence-electron chi connectivity index (χ3n) is 3.82. The molecule has 0 unspecified atom stereocenters. The molecule has 2 heterocycles. The Morgan fingerprint density at radius 3 is 2.82 bits per heavy atom. The van der Waals surface area contributed by atoms with Crippen molar-refractivity contribution >= 4 is 17.0 Å². The van der Waals surface area contributed by atoms with Gasteiger partial charge in [-0.05, 0) is 19.3 Å². The van der Waals surface area contributed by atoms with Crippen molar-refractivity contribution in [3.05, 3.63) is 18.0 Å². The fourth-order valence-electron chi connectivity index (χ4n) is 2.77. The van der Waals surface area contributed by atoms with E-state index in [1.54, 1.807) is 0 Å². The Hall–Kier alpha value is -2.24. The number of rotatable bonds is 7. The van der Waals surface area contributed by atoms with Crippen LogP contribution in [0.3, 0.4) is 0 Å². The quantitative estimate of drug-likeness (QED) is 0.796. The normalized spacial score (nSPS) is 13.0. The molecule has 0 bridgehead atoms. The number of benzene rings is 1. The van der Waals surface area contributed by atoms with Gasteiger partial charge >= 0.3 is 5.97 Å². The topological polar surface area (TPSA) is 73.6 Å². The summed E-state index contributed by atoms with van der Waals surface area (Å²) in [5, 5.41) is 8.74. The van der Waals surface area contributed by atoms with Gasteiger partial charge in [0.1, 0.15) is 5.82 Å². The van der Waals surface area contributed by atoms with Gasteiger partial charge in [-0.2, -0.15) is 0 Å². The summed E-state index contributed by atoms with van der Waals surface area (Å²) in [4.78, 5) is 15.3. The van der Waals surface area contributed by atoms with Gasteiger partial charge in [0.05, 0.1) is 11.0 Å². The third-order valence-corrected chi connectivity index (χ3v) is 3.82. The molecule has 1 aliphatic heterocycles. The molecule has 1 aromatic heterocycles. The number of carbonyl (C=O) groups is 1. The standard InChI is InChI=1S/C16H20N2O4/c1-2-5-15-17-11-8-13-14(22-10-21-13)9-12(11)18(15)7-4-3-6-16(19)20/h8-9H,2-7,10H2,1H3,(H,19,20). The smallest absolute Gasteiger partial charge is 0.303 e. The van der Waals surface area contributed by atoms with Crippen LogP contribution in [0.1, 0.15) is 38.4 Å². The fraction of sp³-hybridized carbons (Fsp3) is 0.500.